The summed E-state index contributed by atoms with van der Waals surface area (Å²) in [5.74, 6) is -0.797. The SMILES string of the molecule is Cn1ccnc1CNc1ccc(C(F)(F)F)cc1C(=O)O. The van der Waals surface area contributed by atoms with Gasteiger partial charge in [-0.3, -0.25) is 0 Å². The highest BCUT2D eigenvalue weighted by molar-refractivity contribution is 5.94. The molecule has 2 rings (SSSR count). The third-order valence-corrected chi connectivity index (χ3v) is 2.94. The Hall–Kier alpha value is -2.51. The van der Waals surface area contributed by atoms with Crippen molar-refractivity contribution in [3.63, 3.8) is 0 Å². The van der Waals surface area contributed by atoms with Crippen LogP contribution in [0.25, 0.3) is 0 Å². The lowest BCUT2D eigenvalue weighted by molar-refractivity contribution is -0.137. The van der Waals surface area contributed by atoms with Crippen molar-refractivity contribution in [3.05, 3.63) is 47.5 Å². The van der Waals surface area contributed by atoms with Gasteiger partial charge in [-0.15, -0.1) is 0 Å². The van der Waals surface area contributed by atoms with Crippen molar-refractivity contribution in [2.45, 2.75) is 12.7 Å². The number of imidazole rings is 1. The number of hydrogen-bond acceptors (Lipinski definition) is 3. The van der Waals surface area contributed by atoms with Crippen LogP contribution in [0.3, 0.4) is 0 Å². The van der Waals surface area contributed by atoms with Gasteiger partial charge in [0.1, 0.15) is 5.82 Å². The van der Waals surface area contributed by atoms with Crippen LogP contribution in [0, 0.1) is 0 Å². The van der Waals surface area contributed by atoms with Gasteiger partial charge < -0.3 is 15.0 Å². The molecule has 2 N–H and O–H groups in total. The molecule has 0 aliphatic heterocycles. The first-order valence-electron chi connectivity index (χ1n) is 5.93. The van der Waals surface area contributed by atoms with Crippen molar-refractivity contribution in [3.8, 4) is 0 Å². The molecule has 0 aliphatic rings. The lowest BCUT2D eigenvalue weighted by Crippen LogP contribution is -2.12. The molecule has 0 bridgehead atoms. The molecular weight excluding hydrogens is 287 g/mol. The Morgan fingerprint density at radius 2 is 2.14 bits per heavy atom. The molecular formula is C13H12F3N3O2. The van der Waals surface area contributed by atoms with Gasteiger partial charge in [-0.1, -0.05) is 0 Å². The Kier molecular flexibility index (Phi) is 3.88. The van der Waals surface area contributed by atoms with E-state index in [9.17, 15) is 18.0 Å². The van der Waals surface area contributed by atoms with Crippen LogP contribution in [-0.2, 0) is 19.8 Å². The van der Waals surface area contributed by atoms with Crippen LogP contribution in [0.5, 0.6) is 0 Å². The predicted molar refractivity (Wildman–Crippen MR) is 68.9 cm³/mol. The molecule has 1 aromatic carbocycles. The number of aryl methyl sites for hydroxylation is 1. The van der Waals surface area contributed by atoms with Gasteiger partial charge in [0.05, 0.1) is 17.7 Å². The Balaban J connectivity index is 2.27. The highest BCUT2D eigenvalue weighted by Crippen LogP contribution is 2.32. The number of benzene rings is 1. The average molecular weight is 299 g/mol. The van der Waals surface area contributed by atoms with Gasteiger partial charge in [0, 0.05) is 25.1 Å². The van der Waals surface area contributed by atoms with Crippen LogP contribution in [0.4, 0.5) is 18.9 Å². The lowest BCUT2D eigenvalue weighted by Gasteiger charge is -2.13. The van der Waals surface area contributed by atoms with Crippen molar-refractivity contribution in [2.75, 3.05) is 5.32 Å². The predicted octanol–water partition coefficient (Wildman–Crippen LogP) is 2.75. The van der Waals surface area contributed by atoms with Gasteiger partial charge in [0.2, 0.25) is 0 Å². The molecule has 1 aromatic heterocycles. The highest BCUT2D eigenvalue weighted by Gasteiger charge is 2.31. The lowest BCUT2D eigenvalue weighted by atomic mass is 10.1. The standard InChI is InChI=1S/C13H12F3N3O2/c1-19-5-4-17-11(19)7-18-10-3-2-8(13(14,15)16)6-9(10)12(20)21/h2-6,18H,7H2,1H3,(H,20,21). The van der Waals surface area contributed by atoms with E-state index < -0.39 is 23.3 Å². The summed E-state index contributed by atoms with van der Waals surface area (Å²) in [7, 11) is 1.76. The van der Waals surface area contributed by atoms with E-state index in [4.69, 9.17) is 5.11 Å². The minimum absolute atomic E-state index is 0.110. The molecule has 0 saturated heterocycles. The highest BCUT2D eigenvalue weighted by atomic mass is 19.4. The molecule has 0 amide bonds. The maximum atomic E-state index is 12.6. The molecule has 112 valence electrons. The summed E-state index contributed by atoms with van der Waals surface area (Å²) in [5, 5.41) is 11.8. The largest absolute Gasteiger partial charge is 0.478 e. The maximum Gasteiger partial charge on any atom is 0.416 e. The second-order valence-corrected chi connectivity index (χ2v) is 4.37. The minimum atomic E-state index is -4.58. The van der Waals surface area contributed by atoms with Gasteiger partial charge in [-0.25, -0.2) is 9.78 Å². The molecule has 0 radical (unpaired) electrons. The molecule has 21 heavy (non-hydrogen) atoms. The van der Waals surface area contributed by atoms with Crippen LogP contribution < -0.4 is 5.32 Å². The number of anilines is 1. The Labute approximate surface area is 118 Å². The van der Waals surface area contributed by atoms with Crippen molar-refractivity contribution in [1.82, 2.24) is 9.55 Å². The van der Waals surface area contributed by atoms with Crippen molar-refractivity contribution < 1.29 is 23.1 Å². The summed E-state index contributed by atoms with van der Waals surface area (Å²) >= 11 is 0. The first-order chi connectivity index (χ1) is 9.79. The molecule has 1 heterocycles. The fourth-order valence-corrected chi connectivity index (χ4v) is 1.79. The number of aromatic nitrogens is 2. The molecule has 0 aliphatic carbocycles. The van der Waals surface area contributed by atoms with E-state index in [0.717, 1.165) is 12.1 Å². The molecule has 0 spiro atoms. The number of nitrogens with zero attached hydrogens (tertiary/aromatic N) is 2. The van der Waals surface area contributed by atoms with Crippen LogP contribution in [0.2, 0.25) is 0 Å². The molecule has 8 heteroatoms. The molecule has 0 saturated carbocycles. The Morgan fingerprint density at radius 3 is 2.67 bits per heavy atom. The first-order valence-corrected chi connectivity index (χ1v) is 5.93. The third-order valence-electron chi connectivity index (χ3n) is 2.94. The number of carboxylic acid groups (broad SMARTS) is 1. The number of halogens is 3. The van der Waals surface area contributed by atoms with Crippen molar-refractivity contribution >= 4 is 11.7 Å². The monoisotopic (exact) mass is 299 g/mol. The van der Waals surface area contributed by atoms with Crippen LogP contribution in [-0.4, -0.2) is 20.6 Å². The fourth-order valence-electron chi connectivity index (χ4n) is 1.79. The van der Waals surface area contributed by atoms with Crippen LogP contribution in [0.1, 0.15) is 21.7 Å². The number of aromatic carboxylic acids is 1. The Morgan fingerprint density at radius 1 is 1.43 bits per heavy atom. The second-order valence-electron chi connectivity index (χ2n) is 4.37. The second kappa shape index (κ2) is 5.47. The van der Waals surface area contributed by atoms with E-state index in [1.54, 1.807) is 24.0 Å². The first kappa shape index (κ1) is 14.9. The summed E-state index contributed by atoms with van der Waals surface area (Å²) < 4.78 is 39.5. The van der Waals surface area contributed by atoms with Gasteiger partial charge in [-0.05, 0) is 18.2 Å². The van der Waals surface area contributed by atoms with E-state index in [0.29, 0.717) is 11.9 Å². The molecule has 5 nitrogen and oxygen atoms in total. The third kappa shape index (κ3) is 3.33. The minimum Gasteiger partial charge on any atom is -0.478 e. The van der Waals surface area contributed by atoms with Crippen molar-refractivity contribution in [1.29, 1.82) is 0 Å². The van der Waals surface area contributed by atoms with E-state index in [1.165, 1.54) is 0 Å². The molecule has 2 aromatic rings. The number of hydrogen-bond donors (Lipinski definition) is 2. The zero-order valence-corrected chi connectivity index (χ0v) is 11.0. The smallest absolute Gasteiger partial charge is 0.416 e. The summed E-state index contributed by atoms with van der Waals surface area (Å²) in [5.41, 5.74) is -1.32. The summed E-state index contributed by atoms with van der Waals surface area (Å²) in [4.78, 5) is 15.1. The average Bonchev–Trinajstić information content (AvgIpc) is 2.80. The molecule has 0 atom stereocenters. The molecule has 0 fully saturated rings. The zero-order chi connectivity index (χ0) is 15.6. The summed E-state index contributed by atoms with van der Waals surface area (Å²) in [6, 6.07) is 2.56. The van der Waals surface area contributed by atoms with Gasteiger partial charge in [0.15, 0.2) is 0 Å². The normalized spacial score (nSPS) is 11.4. The Bertz CT molecular complexity index is 665. The number of carbonyl (C=O) groups is 1. The summed E-state index contributed by atoms with van der Waals surface area (Å²) in [6.07, 6.45) is -1.30. The van der Waals surface area contributed by atoms with Gasteiger partial charge in [0.25, 0.3) is 0 Å². The maximum absolute atomic E-state index is 12.6. The van der Waals surface area contributed by atoms with E-state index in [-0.39, 0.29) is 12.2 Å². The number of nitrogens with one attached hydrogen (secondary N) is 1. The quantitative estimate of drug-likeness (QED) is 0.911. The number of carboxylic acids is 1. The summed E-state index contributed by atoms with van der Waals surface area (Å²) in [6.45, 7) is 0.204. The van der Waals surface area contributed by atoms with Crippen molar-refractivity contribution in [2.24, 2.45) is 7.05 Å². The zero-order valence-electron chi connectivity index (χ0n) is 11.0. The van der Waals surface area contributed by atoms with E-state index in [1.807, 2.05) is 0 Å². The van der Waals surface area contributed by atoms with Gasteiger partial charge in [-0.2, -0.15) is 13.2 Å². The van der Waals surface area contributed by atoms with E-state index in [2.05, 4.69) is 10.3 Å². The van der Waals surface area contributed by atoms with E-state index >= 15 is 0 Å². The van der Waals surface area contributed by atoms with Crippen LogP contribution in [0.15, 0.2) is 30.6 Å². The number of rotatable bonds is 4. The van der Waals surface area contributed by atoms with Crippen LogP contribution >= 0.6 is 0 Å². The topological polar surface area (TPSA) is 67.2 Å². The fraction of sp³-hybridized carbons (Fsp3) is 0.231. The number of alkyl halides is 3. The molecule has 0 unspecified atom stereocenters. The van der Waals surface area contributed by atoms with Gasteiger partial charge >= 0.3 is 12.1 Å².